The van der Waals surface area contributed by atoms with E-state index in [-0.39, 0.29) is 5.60 Å². The van der Waals surface area contributed by atoms with Crippen molar-refractivity contribution in [2.75, 3.05) is 6.61 Å². The molecular formula is C15H27N3O2. The number of aromatic nitrogens is 2. The summed E-state index contributed by atoms with van der Waals surface area (Å²) in [5, 5.41) is 7.48. The summed E-state index contributed by atoms with van der Waals surface area (Å²) >= 11 is 0. The van der Waals surface area contributed by atoms with Crippen LogP contribution in [0.4, 0.5) is 0 Å². The molecule has 1 heterocycles. The Labute approximate surface area is 121 Å². The number of hydrogen-bond acceptors (Lipinski definition) is 5. The van der Waals surface area contributed by atoms with Crippen molar-refractivity contribution in [2.24, 2.45) is 5.92 Å². The number of nitrogens with one attached hydrogen (secondary N) is 1. The molecule has 5 heteroatoms. The zero-order valence-electron chi connectivity index (χ0n) is 13.1. The van der Waals surface area contributed by atoms with Gasteiger partial charge in [0.25, 0.3) is 0 Å². The molecule has 114 valence electrons. The predicted molar refractivity (Wildman–Crippen MR) is 77.2 cm³/mol. The van der Waals surface area contributed by atoms with Crippen LogP contribution in [0, 0.1) is 5.92 Å². The molecule has 0 unspecified atom stereocenters. The lowest BCUT2D eigenvalue weighted by Crippen LogP contribution is -2.35. The maximum absolute atomic E-state index is 6.04. The zero-order chi connectivity index (χ0) is 14.6. The van der Waals surface area contributed by atoms with Crippen LogP contribution in [0.5, 0.6) is 0 Å². The maximum Gasteiger partial charge on any atom is 0.240 e. The van der Waals surface area contributed by atoms with Crippen LogP contribution in [0.2, 0.25) is 0 Å². The molecule has 1 aliphatic carbocycles. The van der Waals surface area contributed by atoms with Gasteiger partial charge in [0, 0.05) is 12.6 Å². The van der Waals surface area contributed by atoms with E-state index in [1.807, 2.05) is 6.92 Å². The molecule has 0 aliphatic heterocycles. The quantitative estimate of drug-likeness (QED) is 0.868. The predicted octanol–water partition coefficient (Wildman–Crippen LogP) is 3.01. The van der Waals surface area contributed by atoms with Gasteiger partial charge in [0.05, 0.1) is 6.54 Å². The zero-order valence-corrected chi connectivity index (χ0v) is 13.1. The fraction of sp³-hybridized carbons (Fsp3) is 0.867. The van der Waals surface area contributed by atoms with E-state index in [1.165, 1.54) is 0 Å². The minimum Gasteiger partial charge on any atom is -0.367 e. The van der Waals surface area contributed by atoms with Crippen molar-refractivity contribution >= 4 is 0 Å². The van der Waals surface area contributed by atoms with Gasteiger partial charge in [-0.05, 0) is 38.5 Å². The third-order valence-electron chi connectivity index (χ3n) is 4.04. The van der Waals surface area contributed by atoms with E-state index in [1.54, 1.807) is 0 Å². The Morgan fingerprint density at radius 1 is 1.40 bits per heavy atom. The minimum atomic E-state index is -0.332. The summed E-state index contributed by atoms with van der Waals surface area (Å²) in [4.78, 5) is 4.56. The van der Waals surface area contributed by atoms with E-state index in [0.717, 1.165) is 37.4 Å². The van der Waals surface area contributed by atoms with E-state index in [0.29, 0.717) is 25.1 Å². The second-order valence-electron chi connectivity index (χ2n) is 6.16. The van der Waals surface area contributed by atoms with E-state index in [4.69, 9.17) is 9.26 Å². The van der Waals surface area contributed by atoms with Crippen LogP contribution in [0.15, 0.2) is 4.52 Å². The highest BCUT2D eigenvalue weighted by molar-refractivity contribution is 5.04. The van der Waals surface area contributed by atoms with Crippen molar-refractivity contribution in [2.45, 2.75) is 71.6 Å². The normalized spacial score (nSPS) is 27.1. The first-order chi connectivity index (χ1) is 9.55. The molecule has 1 saturated carbocycles. The first kappa shape index (κ1) is 15.4. The van der Waals surface area contributed by atoms with Gasteiger partial charge in [0.2, 0.25) is 11.7 Å². The lowest BCUT2D eigenvalue weighted by molar-refractivity contribution is -0.0847. The van der Waals surface area contributed by atoms with Gasteiger partial charge in [-0.1, -0.05) is 25.9 Å². The fourth-order valence-corrected chi connectivity index (χ4v) is 2.74. The van der Waals surface area contributed by atoms with Crippen molar-refractivity contribution in [3.8, 4) is 0 Å². The molecule has 0 atom stereocenters. The molecule has 0 spiro atoms. The van der Waals surface area contributed by atoms with Gasteiger partial charge in [0.1, 0.15) is 5.60 Å². The summed E-state index contributed by atoms with van der Waals surface area (Å²) in [6.07, 6.45) is 4.29. The average Bonchev–Trinajstić information content (AvgIpc) is 2.89. The lowest BCUT2D eigenvalue weighted by atomic mass is 9.79. The highest BCUT2D eigenvalue weighted by atomic mass is 16.5. The number of ether oxygens (including phenoxy) is 1. The molecule has 0 radical (unpaired) electrons. The molecule has 1 aromatic heterocycles. The monoisotopic (exact) mass is 281 g/mol. The molecule has 0 aromatic carbocycles. The van der Waals surface area contributed by atoms with Crippen LogP contribution in [0.1, 0.15) is 65.1 Å². The number of rotatable bonds is 6. The van der Waals surface area contributed by atoms with Crippen LogP contribution in [-0.4, -0.2) is 22.8 Å². The second kappa shape index (κ2) is 6.68. The van der Waals surface area contributed by atoms with E-state index < -0.39 is 0 Å². The topological polar surface area (TPSA) is 60.2 Å². The summed E-state index contributed by atoms with van der Waals surface area (Å²) in [5.41, 5.74) is -0.332. The van der Waals surface area contributed by atoms with E-state index in [2.05, 4.69) is 36.2 Å². The molecule has 1 fully saturated rings. The van der Waals surface area contributed by atoms with Crippen LogP contribution < -0.4 is 5.32 Å². The Hall–Kier alpha value is -0.940. The minimum absolute atomic E-state index is 0.332. The van der Waals surface area contributed by atoms with Gasteiger partial charge in [-0.25, -0.2) is 0 Å². The van der Waals surface area contributed by atoms with Gasteiger partial charge in [0.15, 0.2) is 0 Å². The largest absolute Gasteiger partial charge is 0.367 e. The van der Waals surface area contributed by atoms with Gasteiger partial charge in [-0.15, -0.1) is 0 Å². The fourth-order valence-electron chi connectivity index (χ4n) is 2.74. The first-order valence-electron chi connectivity index (χ1n) is 7.76. The van der Waals surface area contributed by atoms with E-state index >= 15 is 0 Å². The second-order valence-corrected chi connectivity index (χ2v) is 6.16. The van der Waals surface area contributed by atoms with Crippen molar-refractivity contribution in [3.63, 3.8) is 0 Å². The lowest BCUT2D eigenvalue weighted by Gasteiger charge is -2.36. The Kier molecular flexibility index (Phi) is 5.16. The van der Waals surface area contributed by atoms with Crippen LogP contribution in [0.25, 0.3) is 0 Å². The summed E-state index contributed by atoms with van der Waals surface area (Å²) in [5.74, 6) is 2.13. The van der Waals surface area contributed by atoms with Crippen LogP contribution in [-0.2, 0) is 16.9 Å². The molecule has 0 saturated heterocycles. The Morgan fingerprint density at radius 2 is 2.10 bits per heavy atom. The van der Waals surface area contributed by atoms with Gasteiger partial charge in [-0.3, -0.25) is 0 Å². The van der Waals surface area contributed by atoms with E-state index in [9.17, 15) is 0 Å². The standard InChI is InChI=1S/C15H27N3O2/c1-5-19-15(8-6-12(4)7-9-15)14-17-13(20-18-14)10-16-11(2)3/h11-12,16H,5-10H2,1-4H3. The molecule has 0 bridgehead atoms. The van der Waals surface area contributed by atoms with Crippen LogP contribution in [0.3, 0.4) is 0 Å². The van der Waals surface area contributed by atoms with Gasteiger partial charge in [-0.2, -0.15) is 4.98 Å². The maximum atomic E-state index is 6.04. The third-order valence-corrected chi connectivity index (χ3v) is 4.04. The third kappa shape index (κ3) is 3.58. The summed E-state index contributed by atoms with van der Waals surface area (Å²) < 4.78 is 11.4. The number of nitrogens with zero attached hydrogens (tertiary/aromatic N) is 2. The highest BCUT2D eigenvalue weighted by Gasteiger charge is 2.40. The average molecular weight is 281 g/mol. The van der Waals surface area contributed by atoms with Crippen molar-refractivity contribution in [1.82, 2.24) is 15.5 Å². The summed E-state index contributed by atoms with van der Waals surface area (Å²) in [7, 11) is 0. The molecule has 0 amide bonds. The van der Waals surface area contributed by atoms with Gasteiger partial charge >= 0.3 is 0 Å². The van der Waals surface area contributed by atoms with Gasteiger partial charge < -0.3 is 14.6 Å². The summed E-state index contributed by atoms with van der Waals surface area (Å²) in [6, 6.07) is 0.404. The molecule has 1 aromatic rings. The smallest absolute Gasteiger partial charge is 0.240 e. The molecule has 2 rings (SSSR count). The highest BCUT2D eigenvalue weighted by Crippen LogP contribution is 2.41. The first-order valence-corrected chi connectivity index (χ1v) is 7.76. The van der Waals surface area contributed by atoms with Crippen molar-refractivity contribution in [3.05, 3.63) is 11.7 Å². The molecule has 1 N–H and O–H groups in total. The number of hydrogen-bond donors (Lipinski definition) is 1. The molecule has 1 aliphatic rings. The SMILES string of the molecule is CCOC1(c2noc(CNC(C)C)n2)CCC(C)CC1. The van der Waals surface area contributed by atoms with Crippen molar-refractivity contribution < 1.29 is 9.26 Å². The summed E-state index contributed by atoms with van der Waals surface area (Å²) in [6.45, 7) is 9.82. The Balaban J connectivity index is 2.09. The molecule has 20 heavy (non-hydrogen) atoms. The Morgan fingerprint density at radius 3 is 2.70 bits per heavy atom. The van der Waals surface area contributed by atoms with Crippen LogP contribution >= 0.6 is 0 Å². The molecular weight excluding hydrogens is 254 g/mol. The molecule has 5 nitrogen and oxygen atoms in total. The van der Waals surface area contributed by atoms with Crippen molar-refractivity contribution in [1.29, 1.82) is 0 Å². The Bertz CT molecular complexity index is 409.